The topological polar surface area (TPSA) is 14.3 Å². The average molecular weight is 590 g/mol. The minimum atomic E-state index is 1.03. The Hall–Kier alpha value is -6.06. The molecule has 3 heteroatoms. The van der Waals surface area contributed by atoms with Crippen LogP contribution in [0.2, 0.25) is 0 Å². The summed E-state index contributed by atoms with van der Waals surface area (Å²) < 4.78 is 7.09. The van der Waals surface area contributed by atoms with Crippen LogP contribution in [0.5, 0.6) is 0 Å². The highest BCUT2D eigenvalue weighted by atomic mass is 15.0. The van der Waals surface area contributed by atoms with Crippen LogP contribution < -0.4 is 5.22 Å². The van der Waals surface area contributed by atoms with Crippen LogP contribution in [0.1, 0.15) is 23.7 Å². The van der Waals surface area contributed by atoms with Crippen molar-refractivity contribution in [3.8, 4) is 11.4 Å². The van der Waals surface area contributed by atoms with Gasteiger partial charge in [0.25, 0.3) is 0 Å². The number of hydrogen-bond donors (Lipinski definition) is 0. The molecule has 3 nitrogen and oxygen atoms in total. The summed E-state index contributed by atoms with van der Waals surface area (Å²) in [7, 11) is 0. The lowest BCUT2D eigenvalue weighted by Gasteiger charge is -2.10. The molecule has 5 aromatic carbocycles. The highest BCUT2D eigenvalue weighted by Gasteiger charge is 2.22. The van der Waals surface area contributed by atoms with Gasteiger partial charge in [0.2, 0.25) is 0 Å². The third-order valence-electron chi connectivity index (χ3n) is 9.59. The Kier molecular flexibility index (Phi) is 5.57. The first-order valence-electron chi connectivity index (χ1n) is 15.7. The van der Waals surface area contributed by atoms with Crippen LogP contribution >= 0.6 is 0 Å². The smallest absolute Gasteiger partial charge is 0.0614 e. The Morgan fingerprint density at radius 2 is 1.20 bits per heavy atom. The summed E-state index contributed by atoms with van der Waals surface area (Å²) in [4.78, 5) is 0. The largest absolute Gasteiger partial charge is 0.309 e. The summed E-state index contributed by atoms with van der Waals surface area (Å²) in [6.07, 6.45) is 8.22. The molecule has 0 fully saturated rings. The van der Waals surface area contributed by atoms with Crippen molar-refractivity contribution in [2.45, 2.75) is 6.92 Å². The standard InChI is InChI=1S/C43H31N3/c1-5-15-35-30(6-2)32-18-11-13-20-36(32)45(35)29-22-23-38-34(26-29)31(7-3)43-27(4)41-39(46(38)43)24-25-40-42(41)33-19-12-14-21-37(33)44(40)28-16-9-8-10-17-28/h5-26H,2-4H2,1H3/b15-5-. The number of rotatable bonds is 5. The summed E-state index contributed by atoms with van der Waals surface area (Å²) in [5.74, 6) is 0. The van der Waals surface area contributed by atoms with Gasteiger partial charge in [0, 0.05) is 54.7 Å². The van der Waals surface area contributed by atoms with E-state index >= 15 is 0 Å². The minimum Gasteiger partial charge on any atom is -0.309 e. The Labute approximate surface area is 266 Å². The lowest BCUT2D eigenvalue weighted by Crippen LogP contribution is -1.98. The second-order valence-electron chi connectivity index (χ2n) is 11.9. The lowest BCUT2D eigenvalue weighted by atomic mass is 10.1. The summed E-state index contributed by atoms with van der Waals surface area (Å²) in [5.41, 5.74) is 12.6. The van der Waals surface area contributed by atoms with E-state index in [1.54, 1.807) is 0 Å². The van der Waals surface area contributed by atoms with Gasteiger partial charge in [-0.15, -0.1) is 0 Å². The fourth-order valence-corrected chi connectivity index (χ4v) is 7.81. The average Bonchev–Trinajstić information content (AvgIpc) is 3.79. The molecule has 9 aromatic rings. The molecule has 0 N–H and O–H groups in total. The molecule has 9 rings (SSSR count). The molecule has 0 aliphatic heterocycles. The predicted molar refractivity (Wildman–Crippen MR) is 199 cm³/mol. The maximum atomic E-state index is 4.75. The molecule has 4 heterocycles. The van der Waals surface area contributed by atoms with Gasteiger partial charge in [0.05, 0.1) is 38.8 Å². The molecule has 0 unspecified atom stereocenters. The van der Waals surface area contributed by atoms with Crippen molar-refractivity contribution in [3.63, 3.8) is 0 Å². The molecule has 0 amide bonds. The third-order valence-corrected chi connectivity index (χ3v) is 9.59. The van der Waals surface area contributed by atoms with Crippen molar-refractivity contribution in [3.05, 3.63) is 150 Å². The number of nitrogens with zero attached hydrogens (tertiary/aromatic N) is 3. The highest BCUT2D eigenvalue weighted by Crippen LogP contribution is 2.40. The molecular formula is C43H31N3. The van der Waals surface area contributed by atoms with Gasteiger partial charge in [-0.3, -0.25) is 0 Å². The normalized spacial score (nSPS) is 12.2. The molecule has 218 valence electrons. The van der Waals surface area contributed by atoms with Gasteiger partial charge in [-0.25, -0.2) is 0 Å². The van der Waals surface area contributed by atoms with Gasteiger partial charge in [-0.2, -0.15) is 0 Å². The number of para-hydroxylation sites is 3. The van der Waals surface area contributed by atoms with E-state index in [1.165, 1.54) is 32.6 Å². The van der Waals surface area contributed by atoms with Gasteiger partial charge >= 0.3 is 0 Å². The molecule has 0 aliphatic carbocycles. The monoisotopic (exact) mass is 589 g/mol. The predicted octanol–water partition coefficient (Wildman–Crippen LogP) is 10.7. The lowest BCUT2D eigenvalue weighted by molar-refractivity contribution is 1.11. The Bertz CT molecular complexity index is 2800. The number of fused-ring (bicyclic) bond motifs is 10. The summed E-state index contributed by atoms with van der Waals surface area (Å²) >= 11 is 0. The number of hydrogen-bond acceptors (Lipinski definition) is 0. The molecule has 0 saturated carbocycles. The molecule has 0 atom stereocenters. The van der Waals surface area contributed by atoms with Crippen LogP contribution in [0, 0.1) is 0 Å². The number of aromatic nitrogens is 3. The van der Waals surface area contributed by atoms with E-state index in [1.807, 2.05) is 12.2 Å². The number of allylic oxidation sites excluding steroid dienone is 1. The van der Waals surface area contributed by atoms with Gasteiger partial charge in [-0.05, 0) is 67.6 Å². The molecule has 46 heavy (non-hydrogen) atoms. The zero-order valence-corrected chi connectivity index (χ0v) is 25.7. The van der Waals surface area contributed by atoms with Crippen LogP contribution in [0.15, 0.2) is 128 Å². The van der Waals surface area contributed by atoms with Gasteiger partial charge in [0.1, 0.15) is 0 Å². The molecule has 0 saturated heterocycles. The van der Waals surface area contributed by atoms with Crippen LogP contribution in [-0.2, 0) is 0 Å². The Balaban J connectivity index is 1.39. The van der Waals surface area contributed by atoms with Crippen LogP contribution in [0.3, 0.4) is 0 Å². The van der Waals surface area contributed by atoms with Crippen molar-refractivity contribution in [1.29, 1.82) is 0 Å². The second-order valence-corrected chi connectivity index (χ2v) is 11.9. The molecule has 0 spiro atoms. The van der Waals surface area contributed by atoms with E-state index in [4.69, 9.17) is 6.58 Å². The van der Waals surface area contributed by atoms with E-state index in [0.29, 0.717) is 0 Å². The van der Waals surface area contributed by atoms with Crippen LogP contribution in [0.4, 0.5) is 0 Å². The van der Waals surface area contributed by atoms with E-state index in [-0.39, 0.29) is 0 Å². The quantitative estimate of drug-likeness (QED) is 0.190. The summed E-state index contributed by atoms with van der Waals surface area (Å²) in [5, 5.41) is 7.03. The first-order chi connectivity index (χ1) is 22.7. The van der Waals surface area contributed by atoms with E-state index in [2.05, 4.69) is 155 Å². The fraction of sp³-hybridized carbons (Fsp3) is 0.0233. The Morgan fingerprint density at radius 1 is 0.543 bits per heavy atom. The van der Waals surface area contributed by atoms with Crippen molar-refractivity contribution < 1.29 is 0 Å². The van der Waals surface area contributed by atoms with Gasteiger partial charge in [0.15, 0.2) is 0 Å². The van der Waals surface area contributed by atoms with Gasteiger partial charge < -0.3 is 13.5 Å². The number of benzene rings is 5. The van der Waals surface area contributed by atoms with Crippen molar-refractivity contribution >= 4 is 84.8 Å². The second kappa shape index (κ2) is 9.72. The Morgan fingerprint density at radius 3 is 1.93 bits per heavy atom. The van der Waals surface area contributed by atoms with Crippen molar-refractivity contribution in [2.24, 2.45) is 0 Å². The fourth-order valence-electron chi connectivity index (χ4n) is 7.81. The summed E-state index contributed by atoms with van der Waals surface area (Å²) in [6, 6.07) is 39.2. The zero-order valence-electron chi connectivity index (χ0n) is 25.7. The van der Waals surface area contributed by atoms with Crippen molar-refractivity contribution in [2.75, 3.05) is 0 Å². The minimum absolute atomic E-state index is 1.03. The molecule has 0 bridgehead atoms. The van der Waals surface area contributed by atoms with E-state index in [0.717, 1.165) is 60.9 Å². The molecular weight excluding hydrogens is 558 g/mol. The first-order valence-corrected chi connectivity index (χ1v) is 15.7. The molecule has 0 aliphatic rings. The van der Waals surface area contributed by atoms with E-state index in [9.17, 15) is 0 Å². The zero-order chi connectivity index (χ0) is 31.1. The third kappa shape index (κ3) is 3.32. The first kappa shape index (κ1) is 26.4. The molecule has 0 radical (unpaired) electrons. The highest BCUT2D eigenvalue weighted by molar-refractivity contribution is 6.23. The van der Waals surface area contributed by atoms with E-state index < -0.39 is 0 Å². The van der Waals surface area contributed by atoms with Crippen LogP contribution in [-0.4, -0.2) is 13.5 Å². The molecule has 4 aromatic heterocycles. The summed E-state index contributed by atoms with van der Waals surface area (Å²) in [6.45, 7) is 15.3. The SMILES string of the molecule is C=Cc1c(/C=C\C)n(-c2ccc3c(c2)c(C=C)c2c(=C)c4c5c6ccccc6n(-c6ccccc6)c5ccc4n23)c2ccccc12. The maximum Gasteiger partial charge on any atom is 0.0614 e. The maximum absolute atomic E-state index is 4.75. The van der Waals surface area contributed by atoms with Gasteiger partial charge in [-0.1, -0.05) is 92.6 Å². The van der Waals surface area contributed by atoms with Crippen LogP contribution in [0.25, 0.3) is 96.2 Å². The van der Waals surface area contributed by atoms with Crippen molar-refractivity contribution in [1.82, 2.24) is 13.5 Å².